The van der Waals surface area contributed by atoms with Crippen molar-refractivity contribution in [3.05, 3.63) is 53.1 Å². The molecule has 0 amide bonds. The Morgan fingerprint density at radius 2 is 2.07 bits per heavy atom. The topological polar surface area (TPSA) is 41.6 Å². The van der Waals surface area contributed by atoms with Gasteiger partial charge in [-0.3, -0.25) is 0 Å². The zero-order valence-electron chi connectivity index (χ0n) is 7.89. The molecule has 0 spiro atoms. The number of aromatic nitrogens is 2. The Labute approximate surface area is 92.6 Å². The third-order valence-corrected chi connectivity index (χ3v) is 2.28. The number of rotatable bonds is 2. The highest BCUT2D eigenvalue weighted by Gasteiger charge is 1.98. The third kappa shape index (κ3) is 2.36. The fourth-order valence-corrected chi connectivity index (χ4v) is 1.43. The third-order valence-electron chi connectivity index (χ3n) is 2.03. The summed E-state index contributed by atoms with van der Waals surface area (Å²) in [5, 5.41) is 9.33. The second-order valence-corrected chi connectivity index (χ2v) is 3.61. The van der Waals surface area contributed by atoms with E-state index in [0.29, 0.717) is 12.2 Å². The van der Waals surface area contributed by atoms with E-state index in [1.54, 1.807) is 12.5 Å². The van der Waals surface area contributed by atoms with Gasteiger partial charge in [-0.2, -0.15) is 5.26 Å². The second-order valence-electron chi connectivity index (χ2n) is 3.17. The number of halogens is 1. The zero-order valence-corrected chi connectivity index (χ0v) is 8.65. The Morgan fingerprint density at radius 3 is 2.67 bits per heavy atom. The Bertz CT molecular complexity index is 493. The van der Waals surface area contributed by atoms with E-state index in [1.165, 1.54) is 0 Å². The first-order valence-electron chi connectivity index (χ1n) is 4.44. The molecule has 0 aliphatic rings. The fraction of sp³-hybridized carbons (Fsp3) is 0.0909. The maximum Gasteiger partial charge on any atom is 0.158 e. The van der Waals surface area contributed by atoms with Gasteiger partial charge in [-0.25, -0.2) is 4.98 Å². The van der Waals surface area contributed by atoms with Gasteiger partial charge in [0.15, 0.2) is 5.69 Å². The Kier molecular flexibility index (Phi) is 2.70. The molecule has 0 saturated heterocycles. The smallest absolute Gasteiger partial charge is 0.158 e. The first-order chi connectivity index (χ1) is 7.28. The van der Waals surface area contributed by atoms with Crippen molar-refractivity contribution >= 4 is 11.6 Å². The molecular weight excluding hydrogens is 210 g/mol. The molecule has 4 heteroatoms. The van der Waals surface area contributed by atoms with Gasteiger partial charge in [-0.1, -0.05) is 23.7 Å². The van der Waals surface area contributed by atoms with E-state index >= 15 is 0 Å². The Morgan fingerprint density at radius 1 is 1.33 bits per heavy atom. The molecule has 2 aromatic rings. The molecule has 2 rings (SSSR count). The van der Waals surface area contributed by atoms with Crippen molar-refractivity contribution in [1.29, 1.82) is 5.26 Å². The average Bonchev–Trinajstić information content (AvgIpc) is 2.69. The Hall–Kier alpha value is -1.79. The van der Waals surface area contributed by atoms with E-state index in [2.05, 4.69) is 4.98 Å². The van der Waals surface area contributed by atoms with Gasteiger partial charge in [-0.15, -0.1) is 0 Å². The number of nitriles is 1. The number of imidazole rings is 1. The molecule has 0 fully saturated rings. The van der Waals surface area contributed by atoms with E-state index in [9.17, 15) is 0 Å². The van der Waals surface area contributed by atoms with Crippen LogP contribution in [0.4, 0.5) is 0 Å². The molecule has 1 aromatic heterocycles. The standard InChI is InChI=1S/C11H8ClN3/c12-10-3-1-9(2-4-10)6-15-7-11(5-13)14-8-15/h1-4,7-8H,6H2. The fourth-order valence-electron chi connectivity index (χ4n) is 1.30. The summed E-state index contributed by atoms with van der Waals surface area (Å²) in [5.41, 5.74) is 1.56. The number of benzene rings is 1. The molecule has 0 unspecified atom stereocenters. The van der Waals surface area contributed by atoms with Gasteiger partial charge in [0.25, 0.3) is 0 Å². The lowest BCUT2D eigenvalue weighted by Crippen LogP contribution is -1.95. The van der Waals surface area contributed by atoms with Crippen molar-refractivity contribution < 1.29 is 0 Å². The molecular formula is C11H8ClN3. The molecule has 0 bridgehead atoms. The van der Waals surface area contributed by atoms with E-state index in [4.69, 9.17) is 16.9 Å². The first kappa shape index (κ1) is 9.75. The summed E-state index contributed by atoms with van der Waals surface area (Å²) in [5.74, 6) is 0. The maximum atomic E-state index is 8.61. The molecule has 0 radical (unpaired) electrons. The highest BCUT2D eigenvalue weighted by Crippen LogP contribution is 2.10. The van der Waals surface area contributed by atoms with Crippen molar-refractivity contribution in [2.45, 2.75) is 6.54 Å². The Balaban J connectivity index is 2.15. The van der Waals surface area contributed by atoms with Crippen LogP contribution in [-0.4, -0.2) is 9.55 Å². The van der Waals surface area contributed by atoms with E-state index in [0.717, 1.165) is 10.6 Å². The molecule has 1 aromatic carbocycles. The normalized spacial score (nSPS) is 9.87. The van der Waals surface area contributed by atoms with Gasteiger partial charge in [0.05, 0.1) is 6.33 Å². The molecule has 0 N–H and O–H groups in total. The van der Waals surface area contributed by atoms with Crippen LogP contribution in [0.1, 0.15) is 11.3 Å². The minimum Gasteiger partial charge on any atom is -0.332 e. The second kappa shape index (κ2) is 4.16. The van der Waals surface area contributed by atoms with Crippen LogP contribution >= 0.6 is 11.6 Å². The van der Waals surface area contributed by atoms with E-state index < -0.39 is 0 Å². The highest BCUT2D eigenvalue weighted by molar-refractivity contribution is 6.30. The summed E-state index contributed by atoms with van der Waals surface area (Å²) in [6, 6.07) is 9.59. The van der Waals surface area contributed by atoms with Crippen molar-refractivity contribution in [2.75, 3.05) is 0 Å². The first-order valence-corrected chi connectivity index (χ1v) is 4.82. The lowest BCUT2D eigenvalue weighted by Gasteiger charge is -2.01. The molecule has 0 saturated carbocycles. The van der Waals surface area contributed by atoms with Crippen LogP contribution in [-0.2, 0) is 6.54 Å². The van der Waals surface area contributed by atoms with Crippen LogP contribution in [0.25, 0.3) is 0 Å². The molecule has 3 nitrogen and oxygen atoms in total. The van der Waals surface area contributed by atoms with Crippen LogP contribution in [0.15, 0.2) is 36.8 Å². The molecule has 0 atom stereocenters. The minimum atomic E-state index is 0.434. The lowest BCUT2D eigenvalue weighted by molar-refractivity contribution is 0.797. The summed E-state index contributed by atoms with van der Waals surface area (Å²) >= 11 is 5.78. The minimum absolute atomic E-state index is 0.434. The molecule has 1 heterocycles. The monoisotopic (exact) mass is 217 g/mol. The van der Waals surface area contributed by atoms with Gasteiger partial charge in [0, 0.05) is 17.8 Å². The summed E-state index contributed by atoms with van der Waals surface area (Å²) in [6.45, 7) is 0.700. The van der Waals surface area contributed by atoms with Crippen LogP contribution in [0.3, 0.4) is 0 Å². The van der Waals surface area contributed by atoms with Crippen molar-refractivity contribution in [2.24, 2.45) is 0 Å². The summed E-state index contributed by atoms with van der Waals surface area (Å²) < 4.78 is 1.86. The van der Waals surface area contributed by atoms with Crippen molar-refractivity contribution in [3.63, 3.8) is 0 Å². The summed E-state index contributed by atoms with van der Waals surface area (Å²) in [6.07, 6.45) is 3.36. The summed E-state index contributed by atoms with van der Waals surface area (Å²) in [7, 11) is 0. The SMILES string of the molecule is N#Cc1cn(Cc2ccc(Cl)cc2)cn1. The number of nitrogens with zero attached hydrogens (tertiary/aromatic N) is 3. The maximum absolute atomic E-state index is 8.61. The van der Waals surface area contributed by atoms with E-state index in [1.807, 2.05) is 34.9 Å². The zero-order chi connectivity index (χ0) is 10.7. The predicted octanol–water partition coefficient (Wildman–Crippen LogP) is 2.46. The van der Waals surface area contributed by atoms with Crippen LogP contribution in [0.2, 0.25) is 5.02 Å². The van der Waals surface area contributed by atoms with Crippen molar-refractivity contribution in [1.82, 2.24) is 9.55 Å². The predicted molar refractivity (Wildman–Crippen MR) is 57.5 cm³/mol. The highest BCUT2D eigenvalue weighted by atomic mass is 35.5. The number of hydrogen-bond donors (Lipinski definition) is 0. The van der Waals surface area contributed by atoms with Crippen LogP contribution in [0.5, 0.6) is 0 Å². The van der Waals surface area contributed by atoms with E-state index in [-0.39, 0.29) is 0 Å². The van der Waals surface area contributed by atoms with Gasteiger partial charge < -0.3 is 4.57 Å². The largest absolute Gasteiger partial charge is 0.332 e. The summed E-state index contributed by atoms with van der Waals surface area (Å²) in [4.78, 5) is 3.92. The molecule has 74 valence electrons. The lowest BCUT2D eigenvalue weighted by atomic mass is 10.2. The average molecular weight is 218 g/mol. The van der Waals surface area contributed by atoms with Gasteiger partial charge in [-0.05, 0) is 17.7 Å². The molecule has 0 aliphatic carbocycles. The van der Waals surface area contributed by atoms with Crippen LogP contribution in [0, 0.1) is 11.3 Å². The quantitative estimate of drug-likeness (QED) is 0.776. The number of hydrogen-bond acceptors (Lipinski definition) is 2. The van der Waals surface area contributed by atoms with Gasteiger partial charge in [0.2, 0.25) is 0 Å². The molecule has 15 heavy (non-hydrogen) atoms. The van der Waals surface area contributed by atoms with Crippen molar-refractivity contribution in [3.8, 4) is 6.07 Å². The van der Waals surface area contributed by atoms with Gasteiger partial charge >= 0.3 is 0 Å². The van der Waals surface area contributed by atoms with Gasteiger partial charge in [0.1, 0.15) is 6.07 Å². The molecule has 0 aliphatic heterocycles. The van der Waals surface area contributed by atoms with Crippen LogP contribution < -0.4 is 0 Å².